The van der Waals surface area contributed by atoms with Crippen LogP contribution >= 0.6 is 0 Å². The quantitative estimate of drug-likeness (QED) is 0.822. The van der Waals surface area contributed by atoms with Gasteiger partial charge in [-0.2, -0.15) is 4.98 Å². The first-order chi connectivity index (χ1) is 13.0. The molecule has 144 valence electrons. The Morgan fingerprint density at radius 1 is 1.15 bits per heavy atom. The number of aryl methyl sites for hydroxylation is 1. The number of amides is 1. The van der Waals surface area contributed by atoms with Gasteiger partial charge in [-0.05, 0) is 20.8 Å². The van der Waals surface area contributed by atoms with Gasteiger partial charge in [-0.15, -0.1) is 0 Å². The molecule has 27 heavy (non-hydrogen) atoms. The van der Waals surface area contributed by atoms with E-state index in [1.807, 2.05) is 36.1 Å². The van der Waals surface area contributed by atoms with Crippen molar-refractivity contribution in [1.29, 1.82) is 0 Å². The van der Waals surface area contributed by atoms with Gasteiger partial charge in [0.05, 0.1) is 24.7 Å². The van der Waals surface area contributed by atoms with E-state index in [0.717, 1.165) is 31.7 Å². The van der Waals surface area contributed by atoms with Gasteiger partial charge in [0.1, 0.15) is 0 Å². The molecule has 0 saturated carbocycles. The smallest absolute Gasteiger partial charge is 0.244 e. The molecule has 0 spiro atoms. The number of rotatable bonds is 4. The lowest BCUT2D eigenvalue weighted by molar-refractivity contribution is -0.170. The maximum absolute atomic E-state index is 12.6. The monoisotopic (exact) mass is 370 g/mol. The van der Waals surface area contributed by atoms with Crippen LogP contribution in [0.2, 0.25) is 0 Å². The van der Waals surface area contributed by atoms with Gasteiger partial charge in [-0.25, -0.2) is 0 Å². The maximum Gasteiger partial charge on any atom is 0.244 e. The molecule has 3 heterocycles. The highest BCUT2D eigenvalue weighted by Gasteiger charge is 2.44. The predicted octanol–water partition coefficient (Wildman–Crippen LogP) is 2.29. The van der Waals surface area contributed by atoms with Crippen LogP contribution in [0.3, 0.4) is 0 Å². The molecule has 2 aliphatic heterocycles. The summed E-state index contributed by atoms with van der Waals surface area (Å²) in [6.45, 7) is 10.2. The van der Waals surface area contributed by atoms with E-state index < -0.39 is 0 Å². The standard InChI is InChI=1S/C20H26N4O3/c1-14-4-6-16(7-5-14)17-21-18(27-22-17)15(2)23-8-10-24(11-9-23)19(25)20(3)12-26-13-20/h4-7,15H,8-13H2,1-3H3. The predicted molar refractivity (Wildman–Crippen MR) is 100.0 cm³/mol. The SMILES string of the molecule is Cc1ccc(-c2noc(C(C)N3CCN(C(=O)C4(C)COC4)CC3)n2)cc1. The number of piperazine rings is 1. The molecule has 1 aromatic heterocycles. The average molecular weight is 370 g/mol. The average Bonchev–Trinajstić information content (AvgIpc) is 3.16. The minimum atomic E-state index is -0.330. The van der Waals surface area contributed by atoms with Crippen molar-refractivity contribution in [2.24, 2.45) is 5.41 Å². The molecule has 4 rings (SSSR count). The molecule has 7 heteroatoms. The first-order valence-corrected chi connectivity index (χ1v) is 9.48. The third kappa shape index (κ3) is 3.49. The van der Waals surface area contributed by atoms with Gasteiger partial charge in [-0.3, -0.25) is 9.69 Å². The van der Waals surface area contributed by atoms with Crippen molar-refractivity contribution in [2.75, 3.05) is 39.4 Å². The van der Waals surface area contributed by atoms with E-state index in [9.17, 15) is 4.79 Å². The van der Waals surface area contributed by atoms with E-state index in [-0.39, 0.29) is 17.4 Å². The van der Waals surface area contributed by atoms with Crippen molar-refractivity contribution in [3.05, 3.63) is 35.7 Å². The highest BCUT2D eigenvalue weighted by Crippen LogP contribution is 2.30. The van der Waals surface area contributed by atoms with E-state index in [1.165, 1.54) is 5.56 Å². The van der Waals surface area contributed by atoms with Crippen LogP contribution < -0.4 is 0 Å². The Bertz CT molecular complexity index is 805. The van der Waals surface area contributed by atoms with Crippen LogP contribution in [0.1, 0.15) is 31.3 Å². The lowest BCUT2D eigenvalue weighted by Crippen LogP contribution is -2.58. The second-order valence-corrected chi connectivity index (χ2v) is 7.88. The van der Waals surface area contributed by atoms with Gasteiger partial charge < -0.3 is 14.2 Å². The lowest BCUT2D eigenvalue weighted by Gasteiger charge is -2.43. The van der Waals surface area contributed by atoms with Gasteiger partial charge in [0.2, 0.25) is 17.6 Å². The number of carbonyl (C=O) groups excluding carboxylic acids is 1. The molecule has 2 saturated heterocycles. The molecule has 0 aliphatic carbocycles. The van der Waals surface area contributed by atoms with E-state index in [2.05, 4.69) is 28.9 Å². The first-order valence-electron chi connectivity index (χ1n) is 9.48. The summed E-state index contributed by atoms with van der Waals surface area (Å²) in [6.07, 6.45) is 0. The van der Waals surface area contributed by atoms with Crippen LogP contribution in [0.4, 0.5) is 0 Å². The third-order valence-electron chi connectivity index (χ3n) is 5.62. The molecule has 2 aliphatic rings. The summed E-state index contributed by atoms with van der Waals surface area (Å²) in [4.78, 5) is 21.4. The number of ether oxygens (including phenoxy) is 1. The molecule has 0 radical (unpaired) electrons. The van der Waals surface area contributed by atoms with Crippen molar-refractivity contribution in [1.82, 2.24) is 19.9 Å². The molecule has 1 atom stereocenters. The summed E-state index contributed by atoms with van der Waals surface area (Å²) in [5, 5.41) is 4.13. The van der Waals surface area contributed by atoms with Gasteiger partial charge >= 0.3 is 0 Å². The topological polar surface area (TPSA) is 71.7 Å². The largest absolute Gasteiger partial charge is 0.379 e. The van der Waals surface area contributed by atoms with Crippen molar-refractivity contribution in [3.8, 4) is 11.4 Å². The summed E-state index contributed by atoms with van der Waals surface area (Å²) in [5.41, 5.74) is 1.82. The number of hydrogen-bond acceptors (Lipinski definition) is 6. The Hall–Kier alpha value is -2.25. The Balaban J connectivity index is 1.37. The molecule has 0 bridgehead atoms. The molecular formula is C20H26N4O3. The number of hydrogen-bond donors (Lipinski definition) is 0. The summed E-state index contributed by atoms with van der Waals surface area (Å²) in [5.74, 6) is 1.44. The lowest BCUT2D eigenvalue weighted by atomic mass is 9.86. The molecule has 1 aromatic carbocycles. The highest BCUT2D eigenvalue weighted by molar-refractivity contribution is 5.83. The van der Waals surface area contributed by atoms with Crippen LogP contribution in [0.5, 0.6) is 0 Å². The summed E-state index contributed by atoms with van der Waals surface area (Å²) < 4.78 is 10.7. The third-order valence-corrected chi connectivity index (χ3v) is 5.62. The fraction of sp³-hybridized carbons (Fsp3) is 0.550. The van der Waals surface area contributed by atoms with Gasteiger partial charge in [0.15, 0.2) is 0 Å². The van der Waals surface area contributed by atoms with Crippen LogP contribution in [-0.4, -0.2) is 65.2 Å². The zero-order valence-corrected chi connectivity index (χ0v) is 16.1. The van der Waals surface area contributed by atoms with Gasteiger partial charge in [0, 0.05) is 31.7 Å². The summed E-state index contributed by atoms with van der Waals surface area (Å²) in [7, 11) is 0. The van der Waals surface area contributed by atoms with E-state index >= 15 is 0 Å². The molecule has 1 unspecified atom stereocenters. The number of carbonyl (C=O) groups is 1. The van der Waals surface area contributed by atoms with Gasteiger partial charge in [-0.1, -0.05) is 35.0 Å². The molecule has 2 fully saturated rings. The Morgan fingerprint density at radius 2 is 1.81 bits per heavy atom. The molecule has 0 N–H and O–H groups in total. The zero-order chi connectivity index (χ0) is 19.0. The zero-order valence-electron chi connectivity index (χ0n) is 16.1. The molecule has 1 amide bonds. The van der Waals surface area contributed by atoms with Crippen LogP contribution in [-0.2, 0) is 9.53 Å². The van der Waals surface area contributed by atoms with Gasteiger partial charge in [0.25, 0.3) is 0 Å². The molecular weight excluding hydrogens is 344 g/mol. The Morgan fingerprint density at radius 3 is 2.41 bits per heavy atom. The second-order valence-electron chi connectivity index (χ2n) is 7.88. The maximum atomic E-state index is 12.6. The number of benzene rings is 1. The molecule has 2 aromatic rings. The summed E-state index contributed by atoms with van der Waals surface area (Å²) >= 11 is 0. The first kappa shape index (κ1) is 18.1. The van der Waals surface area contributed by atoms with Crippen molar-refractivity contribution in [3.63, 3.8) is 0 Å². The van der Waals surface area contributed by atoms with E-state index in [0.29, 0.717) is 24.9 Å². The van der Waals surface area contributed by atoms with Crippen molar-refractivity contribution >= 4 is 5.91 Å². The Labute approximate surface area is 159 Å². The summed E-state index contributed by atoms with van der Waals surface area (Å²) in [6, 6.07) is 8.11. The van der Waals surface area contributed by atoms with Crippen molar-refractivity contribution in [2.45, 2.75) is 26.8 Å². The fourth-order valence-electron chi connectivity index (χ4n) is 3.61. The van der Waals surface area contributed by atoms with E-state index in [1.54, 1.807) is 0 Å². The van der Waals surface area contributed by atoms with E-state index in [4.69, 9.17) is 9.26 Å². The highest BCUT2D eigenvalue weighted by atomic mass is 16.5. The minimum absolute atomic E-state index is 0.0246. The fourth-order valence-corrected chi connectivity index (χ4v) is 3.61. The molecule has 7 nitrogen and oxygen atoms in total. The van der Waals surface area contributed by atoms with Crippen molar-refractivity contribution < 1.29 is 14.1 Å². The van der Waals surface area contributed by atoms with Crippen LogP contribution in [0.25, 0.3) is 11.4 Å². The minimum Gasteiger partial charge on any atom is -0.379 e. The second kappa shape index (κ2) is 7.05. The van der Waals surface area contributed by atoms with Crippen LogP contribution in [0, 0.1) is 12.3 Å². The Kier molecular flexibility index (Phi) is 4.74. The normalized spacial score (nSPS) is 20.9. The number of nitrogens with zero attached hydrogens (tertiary/aromatic N) is 4. The number of aromatic nitrogens is 2. The van der Waals surface area contributed by atoms with Crippen LogP contribution in [0.15, 0.2) is 28.8 Å².